The normalized spacial score (nSPS) is 13.1. The number of rotatable bonds is 4. The van der Waals surface area contributed by atoms with Crippen molar-refractivity contribution < 1.29 is 22.3 Å². The van der Waals surface area contributed by atoms with Crippen LogP contribution in [0.1, 0.15) is 6.92 Å². The van der Waals surface area contributed by atoms with E-state index in [9.17, 15) is 17.6 Å². The zero-order valence-electron chi connectivity index (χ0n) is 9.51. The summed E-state index contributed by atoms with van der Waals surface area (Å²) in [5, 5.41) is 0. The minimum absolute atomic E-state index is 0.393. The van der Waals surface area contributed by atoms with Crippen molar-refractivity contribution >= 4 is 15.8 Å². The number of sulfone groups is 1. The number of esters is 1. The first-order chi connectivity index (χ1) is 7.88. The Morgan fingerprint density at radius 1 is 1.41 bits per heavy atom. The molecule has 0 aromatic heterocycles. The van der Waals surface area contributed by atoms with Crippen LogP contribution in [-0.4, -0.2) is 27.2 Å². The molecule has 17 heavy (non-hydrogen) atoms. The molecule has 4 nitrogen and oxygen atoms in total. The molecule has 1 aromatic rings. The number of benzene rings is 1. The molecule has 1 atom stereocenters. The van der Waals surface area contributed by atoms with E-state index in [1.807, 2.05) is 0 Å². The number of hydrogen-bond acceptors (Lipinski definition) is 4. The summed E-state index contributed by atoms with van der Waals surface area (Å²) in [6.45, 7) is 1.42. The van der Waals surface area contributed by atoms with Gasteiger partial charge in [-0.2, -0.15) is 0 Å². The summed E-state index contributed by atoms with van der Waals surface area (Å²) in [5.41, 5.74) is 0. The van der Waals surface area contributed by atoms with Gasteiger partial charge in [0.2, 0.25) is 0 Å². The number of ether oxygens (including phenoxy) is 1. The molecule has 0 N–H and O–H groups in total. The van der Waals surface area contributed by atoms with Gasteiger partial charge in [0, 0.05) is 0 Å². The minimum Gasteiger partial charge on any atom is -0.469 e. The third kappa shape index (κ3) is 3.26. The summed E-state index contributed by atoms with van der Waals surface area (Å²) in [6.07, 6.45) is 0. The highest BCUT2D eigenvalue weighted by atomic mass is 32.2. The van der Waals surface area contributed by atoms with Crippen molar-refractivity contribution in [2.45, 2.75) is 11.8 Å². The van der Waals surface area contributed by atoms with E-state index < -0.39 is 38.2 Å². The van der Waals surface area contributed by atoms with Gasteiger partial charge in [-0.1, -0.05) is 19.1 Å². The highest BCUT2D eigenvalue weighted by Crippen LogP contribution is 2.18. The molecule has 0 heterocycles. The van der Waals surface area contributed by atoms with E-state index in [1.165, 1.54) is 32.2 Å². The molecule has 0 fully saturated rings. The van der Waals surface area contributed by atoms with Crippen molar-refractivity contribution in [3.63, 3.8) is 0 Å². The van der Waals surface area contributed by atoms with Gasteiger partial charge in [0.25, 0.3) is 0 Å². The van der Waals surface area contributed by atoms with Crippen LogP contribution in [0.25, 0.3) is 0 Å². The van der Waals surface area contributed by atoms with Crippen LogP contribution in [0.5, 0.6) is 0 Å². The number of carbonyl (C=O) groups is 1. The molecule has 0 aliphatic heterocycles. The minimum atomic E-state index is -3.82. The van der Waals surface area contributed by atoms with E-state index in [-0.39, 0.29) is 0 Å². The summed E-state index contributed by atoms with van der Waals surface area (Å²) >= 11 is 0. The standard InChI is InChI=1S/C11H13FO4S/c1-8(11(13)16-2)7-17(14,15)10-6-4-3-5-9(10)12/h3-6,8H,7H2,1-2H3. The number of halogens is 1. The van der Waals surface area contributed by atoms with E-state index >= 15 is 0 Å². The number of carbonyl (C=O) groups excluding carboxylic acids is 1. The van der Waals surface area contributed by atoms with Gasteiger partial charge in [0.15, 0.2) is 9.84 Å². The molecule has 0 aliphatic carbocycles. The highest BCUT2D eigenvalue weighted by Gasteiger charge is 2.25. The lowest BCUT2D eigenvalue weighted by Gasteiger charge is -2.10. The van der Waals surface area contributed by atoms with Crippen LogP contribution in [0.2, 0.25) is 0 Å². The monoisotopic (exact) mass is 260 g/mol. The Kier molecular flexibility index (Phi) is 4.22. The Hall–Kier alpha value is -1.43. The number of methoxy groups -OCH3 is 1. The van der Waals surface area contributed by atoms with Crippen molar-refractivity contribution in [1.29, 1.82) is 0 Å². The molecular weight excluding hydrogens is 247 g/mol. The summed E-state index contributed by atoms with van der Waals surface area (Å²) in [6, 6.07) is 5.07. The maximum absolute atomic E-state index is 13.3. The molecule has 1 unspecified atom stereocenters. The van der Waals surface area contributed by atoms with E-state index in [2.05, 4.69) is 4.74 Å². The Labute approximate surface area is 99.3 Å². The van der Waals surface area contributed by atoms with Crippen molar-refractivity contribution in [2.24, 2.45) is 5.92 Å². The number of hydrogen-bond donors (Lipinski definition) is 0. The van der Waals surface area contributed by atoms with Crippen LogP contribution in [0.15, 0.2) is 29.2 Å². The predicted octanol–water partition coefficient (Wildman–Crippen LogP) is 1.41. The molecule has 6 heteroatoms. The molecule has 94 valence electrons. The van der Waals surface area contributed by atoms with Gasteiger partial charge in [-0.25, -0.2) is 12.8 Å². The lowest BCUT2D eigenvalue weighted by Crippen LogP contribution is -2.23. The molecular formula is C11H13FO4S. The fraction of sp³-hybridized carbons (Fsp3) is 0.364. The first-order valence-electron chi connectivity index (χ1n) is 4.93. The van der Waals surface area contributed by atoms with Gasteiger partial charge in [-0.05, 0) is 12.1 Å². The summed E-state index contributed by atoms with van der Waals surface area (Å²) in [5.74, 6) is -2.75. The maximum Gasteiger partial charge on any atom is 0.309 e. The first-order valence-corrected chi connectivity index (χ1v) is 6.59. The van der Waals surface area contributed by atoms with E-state index in [0.717, 1.165) is 6.07 Å². The van der Waals surface area contributed by atoms with Gasteiger partial charge < -0.3 is 4.74 Å². The van der Waals surface area contributed by atoms with Crippen LogP contribution in [0, 0.1) is 11.7 Å². The van der Waals surface area contributed by atoms with Crippen LogP contribution >= 0.6 is 0 Å². The molecule has 0 bridgehead atoms. The predicted molar refractivity (Wildman–Crippen MR) is 59.6 cm³/mol. The van der Waals surface area contributed by atoms with Crippen molar-refractivity contribution in [2.75, 3.05) is 12.9 Å². The topological polar surface area (TPSA) is 60.4 Å². The Balaban J connectivity index is 2.98. The van der Waals surface area contributed by atoms with Crippen LogP contribution in [0.3, 0.4) is 0 Å². The zero-order valence-corrected chi connectivity index (χ0v) is 10.3. The van der Waals surface area contributed by atoms with E-state index in [1.54, 1.807) is 0 Å². The van der Waals surface area contributed by atoms with Crippen molar-refractivity contribution in [1.82, 2.24) is 0 Å². The Morgan fingerprint density at radius 2 is 2.00 bits per heavy atom. The van der Waals surface area contributed by atoms with Crippen LogP contribution < -0.4 is 0 Å². The van der Waals surface area contributed by atoms with Gasteiger partial charge >= 0.3 is 5.97 Å². The molecule has 0 amide bonds. The molecule has 0 aliphatic rings. The van der Waals surface area contributed by atoms with Crippen LogP contribution in [-0.2, 0) is 19.4 Å². The quantitative estimate of drug-likeness (QED) is 0.768. The molecule has 0 radical (unpaired) electrons. The molecule has 1 aromatic carbocycles. The summed E-state index contributed by atoms with van der Waals surface area (Å²) < 4.78 is 41.4. The zero-order chi connectivity index (χ0) is 13.1. The van der Waals surface area contributed by atoms with Gasteiger partial charge in [-0.15, -0.1) is 0 Å². The third-order valence-corrected chi connectivity index (χ3v) is 4.18. The van der Waals surface area contributed by atoms with Crippen molar-refractivity contribution in [3.05, 3.63) is 30.1 Å². The summed E-state index contributed by atoms with van der Waals surface area (Å²) in [4.78, 5) is 10.7. The van der Waals surface area contributed by atoms with Crippen LogP contribution in [0.4, 0.5) is 4.39 Å². The molecule has 1 rings (SSSR count). The SMILES string of the molecule is COC(=O)C(C)CS(=O)(=O)c1ccccc1F. The van der Waals surface area contributed by atoms with Gasteiger partial charge in [0.05, 0.1) is 18.8 Å². The second-order valence-electron chi connectivity index (χ2n) is 3.64. The lowest BCUT2D eigenvalue weighted by atomic mass is 10.2. The summed E-state index contributed by atoms with van der Waals surface area (Å²) in [7, 11) is -2.65. The smallest absolute Gasteiger partial charge is 0.309 e. The van der Waals surface area contributed by atoms with Crippen molar-refractivity contribution in [3.8, 4) is 0 Å². The maximum atomic E-state index is 13.3. The molecule has 0 spiro atoms. The average molecular weight is 260 g/mol. The van der Waals surface area contributed by atoms with E-state index in [4.69, 9.17) is 0 Å². The third-order valence-electron chi connectivity index (χ3n) is 2.24. The van der Waals surface area contributed by atoms with E-state index in [0.29, 0.717) is 0 Å². The van der Waals surface area contributed by atoms with Gasteiger partial charge in [-0.3, -0.25) is 4.79 Å². The van der Waals surface area contributed by atoms with Gasteiger partial charge in [0.1, 0.15) is 10.7 Å². The largest absolute Gasteiger partial charge is 0.469 e. The lowest BCUT2D eigenvalue weighted by molar-refractivity contribution is -0.144. The second kappa shape index (κ2) is 5.27. The molecule has 0 saturated carbocycles. The Bertz CT molecular complexity index is 510. The fourth-order valence-corrected chi connectivity index (χ4v) is 3.01. The fourth-order valence-electron chi connectivity index (χ4n) is 1.39. The highest BCUT2D eigenvalue weighted by molar-refractivity contribution is 7.91. The Morgan fingerprint density at radius 3 is 2.53 bits per heavy atom. The average Bonchev–Trinajstić information content (AvgIpc) is 2.27. The molecule has 0 saturated heterocycles. The second-order valence-corrected chi connectivity index (χ2v) is 5.64. The first kappa shape index (κ1) is 13.6.